The molecule has 1 amide bonds. The highest BCUT2D eigenvalue weighted by atomic mass is 16.1. The lowest BCUT2D eigenvalue weighted by molar-refractivity contribution is -0.116. The Labute approximate surface area is 120 Å². The smallest absolute Gasteiger partial charge is 0.224 e. The molecule has 102 valence electrons. The molecule has 3 nitrogen and oxygen atoms in total. The Morgan fingerprint density at radius 2 is 2.05 bits per heavy atom. The van der Waals surface area contributed by atoms with E-state index < -0.39 is 0 Å². The highest BCUT2D eigenvalue weighted by Crippen LogP contribution is 2.31. The molecule has 1 N–H and O–H groups in total. The molecule has 1 aromatic rings. The summed E-state index contributed by atoms with van der Waals surface area (Å²) in [5.41, 5.74) is 3.24. The molecular formula is C17H18N2O. The summed E-state index contributed by atoms with van der Waals surface area (Å²) in [6.07, 6.45) is 2.16. The van der Waals surface area contributed by atoms with Crippen molar-refractivity contribution in [3.05, 3.63) is 23.8 Å². The average molecular weight is 266 g/mol. The van der Waals surface area contributed by atoms with Crippen molar-refractivity contribution in [1.29, 1.82) is 0 Å². The highest BCUT2D eigenvalue weighted by Gasteiger charge is 2.18. The molecule has 1 aromatic carbocycles. The number of carbonyl (C=O) groups excluding carboxylic acids is 1. The van der Waals surface area contributed by atoms with Gasteiger partial charge in [0.2, 0.25) is 5.91 Å². The number of hydrogen-bond acceptors (Lipinski definition) is 2. The molecule has 0 saturated heterocycles. The quantitative estimate of drug-likeness (QED) is 0.834. The summed E-state index contributed by atoms with van der Waals surface area (Å²) in [6.45, 7) is 2.63. The minimum atomic E-state index is 0.0898. The first kappa shape index (κ1) is 14.0. The number of anilines is 2. The van der Waals surface area contributed by atoms with Crippen molar-refractivity contribution in [1.82, 2.24) is 0 Å². The van der Waals surface area contributed by atoms with E-state index in [-0.39, 0.29) is 5.91 Å². The molecular weight excluding hydrogens is 248 g/mol. The third-order valence-electron chi connectivity index (χ3n) is 3.17. The zero-order valence-electron chi connectivity index (χ0n) is 11.9. The Morgan fingerprint density at radius 1 is 1.25 bits per heavy atom. The van der Waals surface area contributed by atoms with Gasteiger partial charge in [-0.1, -0.05) is 24.8 Å². The SMILES string of the molecule is CCC#CC#CCN(C)c1cccc2c1CCC(=O)N2. The number of benzene rings is 1. The number of rotatable bonds is 2. The van der Waals surface area contributed by atoms with Crippen molar-refractivity contribution in [3.8, 4) is 23.7 Å². The van der Waals surface area contributed by atoms with Gasteiger partial charge in [0.1, 0.15) is 0 Å². The van der Waals surface area contributed by atoms with Crippen molar-refractivity contribution in [2.75, 3.05) is 23.8 Å². The maximum absolute atomic E-state index is 11.4. The zero-order chi connectivity index (χ0) is 14.4. The Hall–Kier alpha value is -2.39. The largest absolute Gasteiger partial charge is 0.363 e. The van der Waals surface area contributed by atoms with Gasteiger partial charge in [-0.05, 0) is 36.0 Å². The summed E-state index contributed by atoms with van der Waals surface area (Å²) in [5.74, 6) is 11.7. The average Bonchev–Trinajstić information content (AvgIpc) is 2.46. The molecule has 0 atom stereocenters. The van der Waals surface area contributed by atoms with Crippen LogP contribution in [0.4, 0.5) is 11.4 Å². The molecule has 0 aromatic heterocycles. The van der Waals surface area contributed by atoms with Crippen LogP contribution in [0.15, 0.2) is 18.2 Å². The van der Waals surface area contributed by atoms with Crippen LogP contribution in [0.5, 0.6) is 0 Å². The summed E-state index contributed by atoms with van der Waals surface area (Å²) in [4.78, 5) is 13.5. The first-order valence-corrected chi connectivity index (χ1v) is 6.81. The van der Waals surface area contributed by atoms with Crippen LogP contribution in [0.1, 0.15) is 25.3 Å². The van der Waals surface area contributed by atoms with Crippen LogP contribution in [-0.4, -0.2) is 19.5 Å². The van der Waals surface area contributed by atoms with Gasteiger partial charge in [-0.15, -0.1) is 0 Å². The number of fused-ring (bicyclic) bond motifs is 1. The fraction of sp³-hybridized carbons (Fsp3) is 0.353. The predicted molar refractivity (Wildman–Crippen MR) is 82.5 cm³/mol. The van der Waals surface area contributed by atoms with Crippen molar-refractivity contribution in [3.63, 3.8) is 0 Å². The van der Waals surface area contributed by atoms with Gasteiger partial charge in [-0.2, -0.15) is 0 Å². The van der Waals surface area contributed by atoms with Crippen molar-refractivity contribution in [2.45, 2.75) is 26.2 Å². The van der Waals surface area contributed by atoms with Crippen LogP contribution in [-0.2, 0) is 11.2 Å². The maximum atomic E-state index is 11.4. The van der Waals surface area contributed by atoms with Crippen molar-refractivity contribution in [2.24, 2.45) is 0 Å². The maximum Gasteiger partial charge on any atom is 0.224 e. The molecule has 20 heavy (non-hydrogen) atoms. The lowest BCUT2D eigenvalue weighted by Gasteiger charge is -2.25. The normalized spacial score (nSPS) is 12.2. The van der Waals surface area contributed by atoms with Gasteiger partial charge >= 0.3 is 0 Å². The fourth-order valence-corrected chi connectivity index (χ4v) is 2.18. The number of hydrogen-bond donors (Lipinski definition) is 1. The molecule has 0 fully saturated rings. The fourth-order valence-electron chi connectivity index (χ4n) is 2.18. The number of nitrogens with zero attached hydrogens (tertiary/aromatic N) is 1. The molecule has 0 unspecified atom stereocenters. The lowest BCUT2D eigenvalue weighted by atomic mass is 10.0. The Morgan fingerprint density at radius 3 is 2.85 bits per heavy atom. The number of carbonyl (C=O) groups is 1. The molecule has 0 aliphatic carbocycles. The Kier molecular flexibility index (Phi) is 4.69. The van der Waals surface area contributed by atoms with Crippen LogP contribution in [0.3, 0.4) is 0 Å². The van der Waals surface area contributed by atoms with E-state index in [4.69, 9.17) is 0 Å². The van der Waals surface area contributed by atoms with Crippen LogP contribution in [0.2, 0.25) is 0 Å². The van der Waals surface area contributed by atoms with Gasteiger partial charge in [0, 0.05) is 31.3 Å². The van der Waals surface area contributed by atoms with Crippen LogP contribution in [0, 0.1) is 23.7 Å². The van der Waals surface area contributed by atoms with E-state index in [0.29, 0.717) is 13.0 Å². The standard InChI is InChI=1S/C17H18N2O/c1-3-4-5-6-7-13-19(2)16-10-8-9-15-14(16)11-12-17(20)18-15/h8-10H,3,11-13H2,1-2H3,(H,18,20). The molecule has 0 spiro atoms. The monoisotopic (exact) mass is 266 g/mol. The number of nitrogens with one attached hydrogen (secondary N) is 1. The van der Waals surface area contributed by atoms with E-state index in [1.165, 1.54) is 5.56 Å². The molecule has 1 aliphatic heterocycles. The lowest BCUT2D eigenvalue weighted by Crippen LogP contribution is -2.24. The molecule has 1 heterocycles. The van der Waals surface area contributed by atoms with E-state index >= 15 is 0 Å². The summed E-state index contributed by atoms with van der Waals surface area (Å²) in [7, 11) is 2.01. The van der Waals surface area contributed by atoms with E-state index in [9.17, 15) is 4.79 Å². The van der Waals surface area contributed by atoms with Gasteiger partial charge in [0.05, 0.1) is 6.54 Å². The third kappa shape index (κ3) is 3.33. The van der Waals surface area contributed by atoms with E-state index in [0.717, 1.165) is 24.2 Å². The van der Waals surface area contributed by atoms with Crippen molar-refractivity contribution >= 4 is 17.3 Å². The van der Waals surface area contributed by atoms with Gasteiger partial charge < -0.3 is 10.2 Å². The highest BCUT2D eigenvalue weighted by molar-refractivity contribution is 5.95. The second kappa shape index (κ2) is 6.68. The van der Waals surface area contributed by atoms with E-state index in [1.807, 2.05) is 26.1 Å². The number of amides is 1. The molecule has 1 aliphatic rings. The summed E-state index contributed by atoms with van der Waals surface area (Å²) >= 11 is 0. The van der Waals surface area contributed by atoms with E-state index in [1.54, 1.807) is 0 Å². The molecule has 0 radical (unpaired) electrons. The summed E-state index contributed by atoms with van der Waals surface area (Å²) in [6, 6.07) is 5.97. The van der Waals surface area contributed by atoms with Gasteiger partial charge in [-0.3, -0.25) is 4.79 Å². The summed E-state index contributed by atoms with van der Waals surface area (Å²) in [5, 5.41) is 2.92. The van der Waals surface area contributed by atoms with Crippen molar-refractivity contribution < 1.29 is 4.79 Å². The van der Waals surface area contributed by atoms with Gasteiger partial charge in [-0.25, -0.2) is 0 Å². The van der Waals surface area contributed by atoms with Gasteiger partial charge in [0.15, 0.2) is 0 Å². The van der Waals surface area contributed by atoms with E-state index in [2.05, 4.69) is 40.0 Å². The topological polar surface area (TPSA) is 32.3 Å². The van der Waals surface area contributed by atoms with Crippen LogP contribution in [0.25, 0.3) is 0 Å². The minimum Gasteiger partial charge on any atom is -0.363 e. The molecule has 0 bridgehead atoms. The van der Waals surface area contributed by atoms with Crippen LogP contribution >= 0.6 is 0 Å². The summed E-state index contributed by atoms with van der Waals surface area (Å²) < 4.78 is 0. The van der Waals surface area contributed by atoms with Gasteiger partial charge in [0.25, 0.3) is 0 Å². The van der Waals surface area contributed by atoms with Crippen LogP contribution < -0.4 is 10.2 Å². The second-order valence-corrected chi connectivity index (χ2v) is 4.66. The predicted octanol–water partition coefficient (Wildman–Crippen LogP) is 2.42. The zero-order valence-corrected chi connectivity index (χ0v) is 11.9. The molecule has 2 rings (SSSR count). The first-order valence-electron chi connectivity index (χ1n) is 6.81. The molecule has 3 heteroatoms. The molecule has 0 saturated carbocycles. The Balaban J connectivity index is 2.14. The second-order valence-electron chi connectivity index (χ2n) is 4.66. The Bertz CT molecular complexity index is 626. The third-order valence-corrected chi connectivity index (χ3v) is 3.17. The minimum absolute atomic E-state index is 0.0898. The first-order chi connectivity index (χ1) is 9.72.